The number of thiocarbonyl (C=S) groups is 1. The summed E-state index contributed by atoms with van der Waals surface area (Å²) in [4.78, 5) is 0. The van der Waals surface area contributed by atoms with Gasteiger partial charge in [0.25, 0.3) is 0 Å². The number of hydrazone groups is 1. The van der Waals surface area contributed by atoms with Crippen LogP contribution in [0.4, 0.5) is 5.69 Å². The lowest BCUT2D eigenvalue weighted by atomic mass is 10.0. The summed E-state index contributed by atoms with van der Waals surface area (Å²) in [5.41, 5.74) is 9.79. The van der Waals surface area contributed by atoms with Gasteiger partial charge in [0, 0.05) is 11.3 Å². The molecule has 2 aromatic carbocycles. The van der Waals surface area contributed by atoms with Crippen molar-refractivity contribution in [3.8, 4) is 0 Å². The molecule has 0 saturated heterocycles. The van der Waals surface area contributed by atoms with Crippen molar-refractivity contribution in [3.05, 3.63) is 64.2 Å². The van der Waals surface area contributed by atoms with E-state index in [2.05, 4.69) is 48.7 Å². The first-order chi connectivity index (χ1) is 10.5. The molecule has 0 spiro atoms. The lowest BCUT2D eigenvalue weighted by Crippen LogP contribution is -2.23. The molecule has 0 aromatic heterocycles. The molecule has 0 aliphatic carbocycles. The molecule has 0 amide bonds. The van der Waals surface area contributed by atoms with Crippen LogP contribution < -0.4 is 10.7 Å². The van der Waals surface area contributed by atoms with Gasteiger partial charge >= 0.3 is 0 Å². The summed E-state index contributed by atoms with van der Waals surface area (Å²) >= 11 is 5.25. The standard InChI is InChI=1S/C18H21N3S/c1-12-6-5-7-16(10-12)20-18(22)21-19-11-17-14(3)8-13(2)9-15(17)4/h5-11H,1-4H3,(H2,20,21,22)/b19-11+. The van der Waals surface area contributed by atoms with E-state index in [1.807, 2.05) is 37.4 Å². The Labute approximate surface area is 137 Å². The second-order valence-electron chi connectivity index (χ2n) is 5.51. The molecule has 0 heterocycles. The molecule has 4 heteroatoms. The molecule has 0 radical (unpaired) electrons. The lowest BCUT2D eigenvalue weighted by molar-refractivity contribution is 1.05. The zero-order chi connectivity index (χ0) is 16.1. The zero-order valence-corrected chi connectivity index (χ0v) is 14.2. The number of anilines is 1. The molecule has 2 aromatic rings. The van der Waals surface area contributed by atoms with E-state index in [1.165, 1.54) is 22.3 Å². The summed E-state index contributed by atoms with van der Waals surface area (Å²) < 4.78 is 0. The molecule has 0 aliphatic heterocycles. The predicted molar refractivity (Wildman–Crippen MR) is 98.8 cm³/mol. The summed E-state index contributed by atoms with van der Waals surface area (Å²) in [6.07, 6.45) is 1.81. The highest BCUT2D eigenvalue weighted by Gasteiger charge is 2.01. The maximum absolute atomic E-state index is 5.25. The predicted octanol–water partition coefficient (Wildman–Crippen LogP) is 4.24. The van der Waals surface area contributed by atoms with Gasteiger partial charge in [-0.25, -0.2) is 0 Å². The van der Waals surface area contributed by atoms with Gasteiger partial charge in [0.1, 0.15) is 0 Å². The van der Waals surface area contributed by atoms with E-state index >= 15 is 0 Å². The molecule has 0 unspecified atom stereocenters. The van der Waals surface area contributed by atoms with Crippen LogP contribution in [-0.2, 0) is 0 Å². The average Bonchev–Trinajstić information content (AvgIpc) is 2.41. The Hall–Kier alpha value is -2.20. The van der Waals surface area contributed by atoms with Crippen LogP contribution >= 0.6 is 12.2 Å². The van der Waals surface area contributed by atoms with E-state index in [0.717, 1.165) is 11.3 Å². The van der Waals surface area contributed by atoms with Crippen LogP contribution in [0.15, 0.2) is 41.5 Å². The normalized spacial score (nSPS) is 10.7. The first-order valence-corrected chi connectivity index (χ1v) is 7.61. The minimum absolute atomic E-state index is 0.476. The zero-order valence-electron chi connectivity index (χ0n) is 13.4. The number of nitrogens with one attached hydrogen (secondary N) is 2. The second-order valence-corrected chi connectivity index (χ2v) is 5.91. The Bertz CT molecular complexity index is 697. The first kappa shape index (κ1) is 16.2. The third-order valence-electron chi connectivity index (χ3n) is 3.37. The maximum atomic E-state index is 5.25. The molecular weight excluding hydrogens is 290 g/mol. The molecule has 2 rings (SSSR count). The number of rotatable bonds is 3. The molecule has 0 bridgehead atoms. The Morgan fingerprint density at radius 1 is 1.00 bits per heavy atom. The van der Waals surface area contributed by atoms with E-state index in [-0.39, 0.29) is 0 Å². The highest BCUT2D eigenvalue weighted by Crippen LogP contribution is 2.14. The number of benzene rings is 2. The van der Waals surface area contributed by atoms with Gasteiger partial charge < -0.3 is 5.32 Å². The van der Waals surface area contributed by atoms with Crippen LogP contribution in [0, 0.1) is 27.7 Å². The van der Waals surface area contributed by atoms with Gasteiger partial charge in [-0.1, -0.05) is 29.8 Å². The van der Waals surface area contributed by atoms with Crippen LogP contribution in [0.1, 0.15) is 27.8 Å². The SMILES string of the molecule is Cc1cccc(NC(=S)N/N=C/c2c(C)cc(C)cc2C)c1. The van der Waals surface area contributed by atoms with E-state index in [0.29, 0.717) is 5.11 Å². The molecule has 0 fully saturated rings. The molecule has 0 atom stereocenters. The van der Waals surface area contributed by atoms with Crippen molar-refractivity contribution >= 4 is 29.2 Å². The van der Waals surface area contributed by atoms with Gasteiger partial charge in [0.05, 0.1) is 6.21 Å². The van der Waals surface area contributed by atoms with Crippen LogP contribution in [0.25, 0.3) is 0 Å². The largest absolute Gasteiger partial charge is 0.331 e. The van der Waals surface area contributed by atoms with Crippen LogP contribution in [0.3, 0.4) is 0 Å². The van der Waals surface area contributed by atoms with Crippen molar-refractivity contribution in [2.24, 2.45) is 5.10 Å². The molecular formula is C18H21N3S. The van der Waals surface area contributed by atoms with E-state index < -0.39 is 0 Å². The van der Waals surface area contributed by atoms with Gasteiger partial charge in [0.2, 0.25) is 0 Å². The van der Waals surface area contributed by atoms with Crippen molar-refractivity contribution in [1.29, 1.82) is 0 Å². The molecule has 22 heavy (non-hydrogen) atoms. The van der Waals surface area contributed by atoms with E-state index in [1.54, 1.807) is 0 Å². The summed E-state index contributed by atoms with van der Waals surface area (Å²) in [6, 6.07) is 12.3. The quantitative estimate of drug-likeness (QED) is 0.506. The van der Waals surface area contributed by atoms with Crippen molar-refractivity contribution in [1.82, 2.24) is 5.43 Å². The second kappa shape index (κ2) is 7.18. The summed E-state index contributed by atoms with van der Waals surface area (Å²) in [7, 11) is 0. The van der Waals surface area contributed by atoms with Gasteiger partial charge in [0.15, 0.2) is 5.11 Å². The smallest absolute Gasteiger partial charge is 0.191 e. The molecule has 114 valence electrons. The average molecular weight is 311 g/mol. The Morgan fingerprint density at radius 2 is 1.68 bits per heavy atom. The number of nitrogens with zero attached hydrogens (tertiary/aromatic N) is 1. The summed E-state index contributed by atoms with van der Waals surface area (Å²) in [5.74, 6) is 0. The van der Waals surface area contributed by atoms with Crippen LogP contribution in [0.5, 0.6) is 0 Å². The van der Waals surface area contributed by atoms with Crippen molar-refractivity contribution < 1.29 is 0 Å². The maximum Gasteiger partial charge on any atom is 0.191 e. The number of hydrogen-bond acceptors (Lipinski definition) is 2. The topological polar surface area (TPSA) is 36.4 Å². The third-order valence-corrected chi connectivity index (χ3v) is 3.57. The fourth-order valence-corrected chi connectivity index (χ4v) is 2.60. The lowest BCUT2D eigenvalue weighted by Gasteiger charge is -2.09. The van der Waals surface area contributed by atoms with Crippen LogP contribution in [0.2, 0.25) is 0 Å². The van der Waals surface area contributed by atoms with Gasteiger partial charge in [-0.05, 0) is 68.7 Å². The summed E-state index contributed by atoms with van der Waals surface area (Å²) in [6.45, 7) is 8.32. The number of hydrogen-bond donors (Lipinski definition) is 2. The van der Waals surface area contributed by atoms with Crippen molar-refractivity contribution in [3.63, 3.8) is 0 Å². The summed E-state index contributed by atoms with van der Waals surface area (Å²) in [5, 5.41) is 7.82. The molecule has 3 nitrogen and oxygen atoms in total. The third kappa shape index (κ3) is 4.40. The fraction of sp³-hybridized carbons (Fsp3) is 0.222. The molecule has 0 saturated carbocycles. The van der Waals surface area contributed by atoms with E-state index in [9.17, 15) is 0 Å². The minimum atomic E-state index is 0.476. The minimum Gasteiger partial charge on any atom is -0.331 e. The first-order valence-electron chi connectivity index (χ1n) is 7.20. The fourth-order valence-electron chi connectivity index (χ4n) is 2.43. The van der Waals surface area contributed by atoms with Gasteiger partial charge in [-0.2, -0.15) is 5.10 Å². The Morgan fingerprint density at radius 3 is 2.32 bits per heavy atom. The van der Waals surface area contributed by atoms with Gasteiger partial charge in [-0.15, -0.1) is 0 Å². The van der Waals surface area contributed by atoms with Crippen molar-refractivity contribution in [2.45, 2.75) is 27.7 Å². The molecule has 2 N–H and O–H groups in total. The van der Waals surface area contributed by atoms with E-state index in [4.69, 9.17) is 12.2 Å². The van der Waals surface area contributed by atoms with Crippen LogP contribution in [-0.4, -0.2) is 11.3 Å². The number of aryl methyl sites for hydroxylation is 4. The van der Waals surface area contributed by atoms with Gasteiger partial charge in [-0.3, -0.25) is 5.43 Å². The highest BCUT2D eigenvalue weighted by atomic mass is 32.1. The monoisotopic (exact) mass is 311 g/mol. The molecule has 0 aliphatic rings. The van der Waals surface area contributed by atoms with Crippen molar-refractivity contribution in [2.75, 3.05) is 5.32 Å². The highest BCUT2D eigenvalue weighted by molar-refractivity contribution is 7.80. The Balaban J connectivity index is 1.99. The Kier molecular flexibility index (Phi) is 5.28.